The highest BCUT2D eigenvalue weighted by molar-refractivity contribution is 7.99. The molecule has 1 aliphatic heterocycles. The molecule has 2 atom stereocenters. The van der Waals surface area contributed by atoms with Crippen molar-refractivity contribution in [3.05, 3.63) is 35.4 Å². The summed E-state index contributed by atoms with van der Waals surface area (Å²) in [4.78, 5) is 0. The summed E-state index contributed by atoms with van der Waals surface area (Å²) in [5.74, 6) is 2.50. The second-order valence-electron chi connectivity index (χ2n) is 5.00. The summed E-state index contributed by atoms with van der Waals surface area (Å²) < 4.78 is 0. The van der Waals surface area contributed by atoms with Gasteiger partial charge in [-0.2, -0.15) is 11.8 Å². The van der Waals surface area contributed by atoms with Crippen molar-refractivity contribution in [2.24, 2.45) is 0 Å². The Morgan fingerprint density at radius 1 is 1.18 bits per heavy atom. The van der Waals surface area contributed by atoms with Gasteiger partial charge in [0.2, 0.25) is 0 Å². The lowest BCUT2D eigenvalue weighted by Crippen LogP contribution is -2.39. The molecule has 0 bridgehead atoms. The molecule has 0 unspecified atom stereocenters. The van der Waals surface area contributed by atoms with E-state index in [1.54, 1.807) is 0 Å². The maximum absolute atomic E-state index is 10.2. The first-order valence-corrected chi connectivity index (χ1v) is 7.60. The monoisotopic (exact) mass is 249 g/mol. The van der Waals surface area contributed by atoms with Crippen LogP contribution in [0.3, 0.4) is 0 Å². The maximum Gasteiger partial charge on any atom is 0.0775 e. The van der Waals surface area contributed by atoms with Gasteiger partial charge in [-0.15, -0.1) is 0 Å². The zero-order valence-corrected chi connectivity index (χ0v) is 10.7. The second kappa shape index (κ2) is 5.01. The van der Waals surface area contributed by atoms with E-state index in [-0.39, 0.29) is 12.1 Å². The van der Waals surface area contributed by atoms with Crippen LogP contribution in [0.25, 0.3) is 0 Å². The molecule has 0 spiro atoms. The van der Waals surface area contributed by atoms with Crippen molar-refractivity contribution in [2.45, 2.75) is 37.5 Å². The number of hydrogen-bond acceptors (Lipinski definition) is 3. The number of aliphatic hydroxyl groups excluding tert-OH is 1. The smallest absolute Gasteiger partial charge is 0.0775 e. The number of hydrogen-bond donors (Lipinski definition) is 2. The Morgan fingerprint density at radius 3 is 2.76 bits per heavy atom. The summed E-state index contributed by atoms with van der Waals surface area (Å²) in [6.45, 7) is 0. The van der Waals surface area contributed by atoms with Crippen molar-refractivity contribution < 1.29 is 5.11 Å². The molecule has 1 fully saturated rings. The van der Waals surface area contributed by atoms with Gasteiger partial charge in [-0.3, -0.25) is 0 Å². The lowest BCUT2D eigenvalue weighted by Gasteiger charge is -2.28. The zero-order chi connectivity index (χ0) is 11.7. The number of fused-ring (bicyclic) bond motifs is 1. The molecule has 0 aromatic heterocycles. The van der Waals surface area contributed by atoms with E-state index in [2.05, 4.69) is 29.6 Å². The van der Waals surface area contributed by atoms with E-state index < -0.39 is 0 Å². The molecule has 17 heavy (non-hydrogen) atoms. The summed E-state index contributed by atoms with van der Waals surface area (Å²) in [5, 5.41) is 13.8. The Bertz CT molecular complexity index is 390. The maximum atomic E-state index is 10.2. The largest absolute Gasteiger partial charge is 0.391 e. The van der Waals surface area contributed by atoms with Gasteiger partial charge in [0.15, 0.2) is 0 Å². The van der Waals surface area contributed by atoms with Gasteiger partial charge in [0.25, 0.3) is 0 Å². The molecule has 1 aromatic carbocycles. The number of nitrogens with one attached hydrogen (secondary N) is 1. The molecule has 0 amide bonds. The molecule has 1 aromatic rings. The van der Waals surface area contributed by atoms with Gasteiger partial charge in [-0.25, -0.2) is 0 Å². The molecule has 3 heteroatoms. The van der Waals surface area contributed by atoms with Gasteiger partial charge in [-0.1, -0.05) is 24.3 Å². The molecule has 3 rings (SSSR count). The van der Waals surface area contributed by atoms with Crippen LogP contribution in [0.15, 0.2) is 24.3 Å². The minimum Gasteiger partial charge on any atom is -0.391 e. The summed E-state index contributed by atoms with van der Waals surface area (Å²) in [5.41, 5.74) is 2.61. The third kappa shape index (κ3) is 2.37. The fourth-order valence-electron chi connectivity index (χ4n) is 2.89. The van der Waals surface area contributed by atoms with Crippen LogP contribution in [0.5, 0.6) is 0 Å². The third-order valence-corrected chi connectivity index (χ3v) is 4.89. The Labute approximate surface area is 107 Å². The first-order chi connectivity index (χ1) is 8.34. The van der Waals surface area contributed by atoms with E-state index in [0.717, 1.165) is 6.42 Å². The molecule has 2 N–H and O–H groups in total. The lowest BCUT2D eigenvalue weighted by molar-refractivity contribution is 0.133. The number of thioether (sulfide) groups is 1. The molecule has 1 heterocycles. The summed E-state index contributed by atoms with van der Waals surface area (Å²) >= 11 is 2.04. The van der Waals surface area contributed by atoms with Crippen molar-refractivity contribution in [3.63, 3.8) is 0 Å². The van der Waals surface area contributed by atoms with Crippen molar-refractivity contribution >= 4 is 11.8 Å². The number of benzene rings is 1. The SMILES string of the molecule is O[C@H]1Cc2ccccc2[C@H]1NC1CCSCC1. The predicted octanol–water partition coefficient (Wildman–Crippen LogP) is 2.13. The van der Waals surface area contributed by atoms with Crippen molar-refractivity contribution in [2.75, 3.05) is 11.5 Å². The van der Waals surface area contributed by atoms with Crippen LogP contribution in [0.2, 0.25) is 0 Å². The molecule has 2 aliphatic rings. The van der Waals surface area contributed by atoms with E-state index in [1.807, 2.05) is 11.8 Å². The van der Waals surface area contributed by atoms with Crippen LogP contribution >= 0.6 is 11.8 Å². The molecule has 2 nitrogen and oxygen atoms in total. The van der Waals surface area contributed by atoms with Crippen LogP contribution in [0.1, 0.15) is 30.0 Å². The Balaban J connectivity index is 1.74. The van der Waals surface area contributed by atoms with E-state index in [9.17, 15) is 5.11 Å². The van der Waals surface area contributed by atoms with Gasteiger partial charge < -0.3 is 10.4 Å². The Kier molecular flexibility index (Phi) is 3.41. The van der Waals surface area contributed by atoms with Crippen LogP contribution in [0.4, 0.5) is 0 Å². The van der Waals surface area contributed by atoms with Gasteiger partial charge in [-0.05, 0) is 35.5 Å². The summed E-state index contributed by atoms with van der Waals surface area (Å²) in [7, 11) is 0. The van der Waals surface area contributed by atoms with Crippen LogP contribution < -0.4 is 5.32 Å². The Morgan fingerprint density at radius 2 is 1.94 bits per heavy atom. The normalized spacial score (nSPS) is 29.2. The molecule has 92 valence electrons. The van der Waals surface area contributed by atoms with E-state index in [0.29, 0.717) is 6.04 Å². The molecule has 1 saturated heterocycles. The van der Waals surface area contributed by atoms with Gasteiger partial charge in [0, 0.05) is 12.5 Å². The predicted molar refractivity (Wildman–Crippen MR) is 72.4 cm³/mol. The minimum atomic E-state index is -0.248. The van der Waals surface area contributed by atoms with Crippen molar-refractivity contribution in [3.8, 4) is 0 Å². The number of rotatable bonds is 2. The first kappa shape index (κ1) is 11.6. The topological polar surface area (TPSA) is 32.3 Å². The average molecular weight is 249 g/mol. The standard InChI is InChI=1S/C14H19NOS/c16-13-9-10-3-1-2-4-12(10)14(13)15-11-5-7-17-8-6-11/h1-4,11,13-16H,5-9H2/t13-,14+/m0/s1. The van der Waals surface area contributed by atoms with Crippen LogP contribution in [0, 0.1) is 0 Å². The van der Waals surface area contributed by atoms with Crippen LogP contribution in [-0.4, -0.2) is 28.8 Å². The molecule has 0 radical (unpaired) electrons. The first-order valence-electron chi connectivity index (χ1n) is 6.44. The van der Waals surface area contributed by atoms with Gasteiger partial charge in [0.05, 0.1) is 12.1 Å². The van der Waals surface area contributed by atoms with Gasteiger partial charge in [0.1, 0.15) is 0 Å². The fraction of sp³-hybridized carbons (Fsp3) is 0.571. The zero-order valence-electron chi connectivity index (χ0n) is 9.93. The highest BCUT2D eigenvalue weighted by atomic mass is 32.2. The van der Waals surface area contributed by atoms with Gasteiger partial charge >= 0.3 is 0 Å². The quantitative estimate of drug-likeness (QED) is 0.842. The van der Waals surface area contributed by atoms with Crippen molar-refractivity contribution in [1.29, 1.82) is 0 Å². The van der Waals surface area contributed by atoms with E-state index in [4.69, 9.17) is 0 Å². The van der Waals surface area contributed by atoms with E-state index in [1.165, 1.54) is 35.5 Å². The molecular weight excluding hydrogens is 230 g/mol. The summed E-state index contributed by atoms with van der Waals surface area (Å²) in [6, 6.07) is 9.16. The molecular formula is C14H19NOS. The van der Waals surface area contributed by atoms with E-state index >= 15 is 0 Å². The fourth-order valence-corrected chi connectivity index (χ4v) is 4.00. The summed E-state index contributed by atoms with van der Waals surface area (Å²) in [6.07, 6.45) is 3.02. The highest BCUT2D eigenvalue weighted by Gasteiger charge is 2.32. The lowest BCUT2D eigenvalue weighted by atomic mass is 10.0. The Hall–Kier alpha value is -0.510. The van der Waals surface area contributed by atoms with Crippen LogP contribution in [-0.2, 0) is 6.42 Å². The molecule has 1 aliphatic carbocycles. The molecule has 0 saturated carbocycles. The number of aliphatic hydroxyl groups is 1. The van der Waals surface area contributed by atoms with Crippen molar-refractivity contribution in [1.82, 2.24) is 5.32 Å². The minimum absolute atomic E-state index is 0.152. The highest BCUT2D eigenvalue weighted by Crippen LogP contribution is 2.32. The third-order valence-electron chi connectivity index (χ3n) is 3.84. The second-order valence-corrected chi connectivity index (χ2v) is 6.23. The average Bonchev–Trinajstić information content (AvgIpc) is 2.68.